The second kappa shape index (κ2) is 40.2. The molecular weight excluding hydrogens is 785 g/mol. The smallest absolute Gasteiger partial charge is 0 e. The van der Waals surface area contributed by atoms with Crippen molar-refractivity contribution in [1.29, 1.82) is 7.82 Å². The van der Waals surface area contributed by atoms with E-state index in [1.165, 1.54) is 34.8 Å². The zero-order valence-electron chi connectivity index (χ0n) is 14.1. The van der Waals surface area contributed by atoms with E-state index in [1.54, 1.807) is 13.3 Å². The van der Waals surface area contributed by atoms with Gasteiger partial charge in [0.25, 0.3) is 0 Å². The third-order valence-electron chi connectivity index (χ3n) is 1.70. The third-order valence-corrected chi connectivity index (χ3v) is 3.84. The van der Waals surface area contributed by atoms with Gasteiger partial charge in [-0.1, -0.05) is 22.6 Å². The van der Waals surface area contributed by atoms with Gasteiger partial charge in [-0.2, -0.15) is 6.42 Å². The van der Waals surface area contributed by atoms with Crippen molar-refractivity contribution < 1.29 is 91.1 Å². The topological polar surface area (TPSA) is 152 Å². The molecule has 0 aliphatic carbocycles. The second-order valence-electron chi connectivity index (χ2n) is 3.16. The molecule has 0 heterocycles. The summed E-state index contributed by atoms with van der Waals surface area (Å²) in [7, 11) is 4.55. The SMILES string of the molecule is CC(=O)C([NH-])C[C-]=O.CNC([C-]=O)CSSC[C-]=O.[CH3-].[NH]=[W].[NH]=[W].[Y]. The van der Waals surface area contributed by atoms with Gasteiger partial charge in [0.05, 0.1) is 0 Å². The molecule has 0 aliphatic rings. The Bertz CT molecular complexity index is 323. The molecule has 0 saturated heterocycles. The van der Waals surface area contributed by atoms with Gasteiger partial charge in [0, 0.05) is 32.7 Å². The Hall–Kier alpha value is 1.38. The van der Waals surface area contributed by atoms with E-state index in [2.05, 4.69) is 5.32 Å². The molecular formula is C12H21N4O4S2W2Y-5. The molecule has 13 heteroatoms. The molecule has 0 rings (SSSR count). The fourth-order valence-electron chi connectivity index (χ4n) is 0.585. The van der Waals surface area contributed by atoms with Crippen LogP contribution in [0.1, 0.15) is 13.3 Å². The summed E-state index contributed by atoms with van der Waals surface area (Å²) in [5, 5.41) is 2.77. The van der Waals surface area contributed by atoms with Crippen LogP contribution in [0.15, 0.2) is 0 Å². The van der Waals surface area contributed by atoms with Gasteiger partial charge in [-0.3, -0.25) is 12.6 Å². The van der Waals surface area contributed by atoms with E-state index in [1.807, 2.05) is 6.29 Å². The predicted octanol–water partition coefficient (Wildman–Crippen LogP) is 1.71. The summed E-state index contributed by atoms with van der Waals surface area (Å²) in [6.07, 6.45) is 4.97. The minimum absolute atomic E-state index is 0. The number of rotatable bonds is 10. The van der Waals surface area contributed by atoms with Gasteiger partial charge < -0.3 is 37.7 Å². The van der Waals surface area contributed by atoms with Gasteiger partial charge in [-0.25, -0.2) is 6.29 Å². The number of hydrogen-bond donors (Lipinski definition) is 3. The molecule has 0 saturated carbocycles. The molecule has 0 aliphatic heterocycles. The van der Waals surface area contributed by atoms with E-state index >= 15 is 0 Å². The van der Waals surface area contributed by atoms with Crippen LogP contribution >= 0.6 is 21.6 Å². The first-order valence-electron chi connectivity index (χ1n) is 5.65. The van der Waals surface area contributed by atoms with Crippen molar-refractivity contribution in [3.8, 4) is 0 Å². The maximum atomic E-state index is 10.2. The van der Waals surface area contributed by atoms with Crippen molar-refractivity contribution >= 4 is 46.2 Å². The van der Waals surface area contributed by atoms with Gasteiger partial charge in [0.2, 0.25) is 0 Å². The minimum atomic E-state index is -0.896. The molecule has 0 aromatic rings. The van der Waals surface area contributed by atoms with Crippen molar-refractivity contribution in [1.82, 2.24) is 5.32 Å². The normalized spacial score (nSPS) is 9.88. The molecule has 2 unspecified atom stereocenters. The summed E-state index contributed by atoms with van der Waals surface area (Å²) in [5.74, 6) is 0.695. The number of likely N-dealkylation sites (N-methyl/N-ethyl adjacent to an activating group) is 1. The van der Waals surface area contributed by atoms with E-state index in [4.69, 9.17) is 13.6 Å². The van der Waals surface area contributed by atoms with Crippen LogP contribution in [-0.4, -0.2) is 55.3 Å². The Balaban J connectivity index is -0.0000000576. The van der Waals surface area contributed by atoms with Crippen LogP contribution in [0.2, 0.25) is 0 Å². The van der Waals surface area contributed by atoms with Crippen LogP contribution in [0.25, 0.3) is 5.73 Å². The Morgan fingerprint density at radius 2 is 1.64 bits per heavy atom. The number of Topliss-reactive ketones (excluding diaryl/α,β-unsaturated/α-hetero) is 1. The van der Waals surface area contributed by atoms with Crippen LogP contribution in [0, 0.1) is 15.3 Å². The molecule has 4 N–H and O–H groups in total. The maximum absolute atomic E-state index is 10.2. The Labute approximate surface area is 205 Å². The van der Waals surface area contributed by atoms with E-state index < -0.39 is 6.04 Å². The van der Waals surface area contributed by atoms with Crippen LogP contribution in [0.3, 0.4) is 0 Å². The molecule has 0 bridgehead atoms. The van der Waals surface area contributed by atoms with Gasteiger partial charge in [0.15, 0.2) is 0 Å². The minimum Gasteiger partial charge on any atom is 0 e. The van der Waals surface area contributed by atoms with E-state index in [-0.39, 0.29) is 58.4 Å². The van der Waals surface area contributed by atoms with E-state index in [0.717, 1.165) is 39.3 Å². The molecule has 0 amide bonds. The first-order valence-corrected chi connectivity index (χ1v) is 11.1. The van der Waals surface area contributed by atoms with Crippen molar-refractivity contribution in [2.24, 2.45) is 0 Å². The van der Waals surface area contributed by atoms with Crippen LogP contribution < -0.4 is 5.32 Å². The summed E-state index contributed by atoms with van der Waals surface area (Å²) in [5.41, 5.74) is 6.81. The number of carbonyl (C=O) groups excluding carboxylic acids is 4. The first kappa shape index (κ1) is 40.9. The van der Waals surface area contributed by atoms with Crippen molar-refractivity contribution in [3.63, 3.8) is 0 Å². The van der Waals surface area contributed by atoms with E-state index in [0.29, 0.717) is 11.5 Å². The summed E-state index contributed by atoms with van der Waals surface area (Å²) in [4.78, 5) is 39.5. The molecule has 1 radical (unpaired) electrons. The summed E-state index contributed by atoms with van der Waals surface area (Å²) in [6.45, 7) is 1.29. The summed E-state index contributed by atoms with van der Waals surface area (Å²) < 4.78 is 11.7. The maximum Gasteiger partial charge on any atom is 0 e. The second-order valence-corrected chi connectivity index (χ2v) is 5.67. The summed E-state index contributed by atoms with van der Waals surface area (Å²) >= 11 is 1.67. The number of carbonyl (C=O) groups is 1. The molecule has 0 spiro atoms. The standard InChI is InChI=1S/C6H9NO2S2.C5H7NO2.CH3.2HN.2W.Y/c1-7-6(4-9)5-11-10-3-2-8;1-4(8)5(6)2-3-7;;;;;;/h6-7H,3,5H2,1H3;5-6H,2H2,1H3;1H3;2*1H;;;/q2*-2;-1;;;;;. The molecule has 8 nitrogen and oxygen atoms in total. The zero-order chi connectivity index (χ0) is 19.1. The number of hydrogen-bond acceptors (Lipinski definition) is 9. The molecule has 0 aromatic carbocycles. The molecule has 2 atom stereocenters. The predicted molar refractivity (Wildman–Crippen MR) is 90.1 cm³/mol. The molecule has 25 heavy (non-hydrogen) atoms. The number of nitrogens with one attached hydrogen (secondary N) is 4. The van der Waals surface area contributed by atoms with Gasteiger partial charge >= 0.3 is 47.1 Å². The van der Waals surface area contributed by atoms with Crippen molar-refractivity contribution in [2.75, 3.05) is 18.6 Å². The monoisotopic (exact) mass is 806 g/mol. The van der Waals surface area contributed by atoms with Crippen molar-refractivity contribution in [3.05, 3.63) is 13.2 Å². The zero-order valence-corrected chi connectivity index (χ0v) is 24.5. The third kappa shape index (κ3) is 41.1. The van der Waals surface area contributed by atoms with Crippen LogP contribution in [0.5, 0.6) is 0 Å². The fourth-order valence-corrected chi connectivity index (χ4v) is 2.27. The summed E-state index contributed by atoms with van der Waals surface area (Å²) in [6, 6.07) is -1.13. The average Bonchev–Trinajstić information content (AvgIpc) is 2.59. The Morgan fingerprint density at radius 3 is 1.88 bits per heavy atom. The van der Waals surface area contributed by atoms with Gasteiger partial charge in [-0.05, 0) is 19.7 Å². The fraction of sp³-hybridized carbons (Fsp3) is 0.583. The quantitative estimate of drug-likeness (QED) is 0.173. The average molecular weight is 806 g/mol. The Kier molecular flexibility index (Phi) is 65.7. The van der Waals surface area contributed by atoms with Crippen molar-refractivity contribution in [2.45, 2.75) is 25.4 Å². The first-order chi connectivity index (χ1) is 11.0. The number of ketones is 1. The van der Waals surface area contributed by atoms with Gasteiger partial charge in [-0.15, -0.1) is 16.8 Å². The Morgan fingerprint density at radius 1 is 1.16 bits per heavy atom. The molecule has 0 aromatic heterocycles. The van der Waals surface area contributed by atoms with Crippen LogP contribution in [0.4, 0.5) is 0 Å². The largest absolute Gasteiger partial charge is 0 e. The van der Waals surface area contributed by atoms with Crippen LogP contribution in [-0.2, 0) is 91.1 Å². The molecule has 145 valence electrons. The van der Waals surface area contributed by atoms with E-state index in [9.17, 15) is 19.2 Å². The van der Waals surface area contributed by atoms with Gasteiger partial charge in [0.1, 0.15) is 5.78 Å². The molecule has 0 fully saturated rings.